The molecule has 10 rings (SSSR count). The maximum atomic E-state index is 6.38. The molecular formula is C48H31NO2. The Morgan fingerprint density at radius 2 is 0.882 bits per heavy atom. The normalized spacial score (nSPS) is 11.5. The van der Waals surface area contributed by atoms with Crippen LogP contribution in [0.3, 0.4) is 0 Å². The summed E-state index contributed by atoms with van der Waals surface area (Å²) in [5.41, 5.74) is 13.6. The van der Waals surface area contributed by atoms with E-state index in [0.717, 1.165) is 72.1 Å². The predicted molar refractivity (Wildman–Crippen MR) is 212 cm³/mol. The maximum absolute atomic E-state index is 6.38. The van der Waals surface area contributed by atoms with E-state index in [1.165, 1.54) is 22.3 Å². The molecule has 2 heterocycles. The molecule has 240 valence electrons. The zero-order valence-electron chi connectivity index (χ0n) is 27.7. The van der Waals surface area contributed by atoms with Crippen LogP contribution in [0.5, 0.6) is 0 Å². The Hall–Kier alpha value is -6.84. The highest BCUT2D eigenvalue weighted by molar-refractivity contribution is 6.13. The van der Waals surface area contributed by atoms with E-state index >= 15 is 0 Å². The quantitative estimate of drug-likeness (QED) is 0.179. The molecule has 0 saturated heterocycles. The molecule has 51 heavy (non-hydrogen) atoms. The van der Waals surface area contributed by atoms with E-state index in [1.807, 2.05) is 24.3 Å². The second kappa shape index (κ2) is 11.9. The number of furan rings is 2. The topological polar surface area (TPSA) is 29.5 Å². The summed E-state index contributed by atoms with van der Waals surface area (Å²) in [6, 6.07) is 66.3. The Morgan fingerprint density at radius 3 is 1.65 bits per heavy atom. The van der Waals surface area contributed by atoms with Crippen LogP contribution in [0.1, 0.15) is 0 Å². The highest BCUT2D eigenvalue weighted by Gasteiger charge is 2.21. The van der Waals surface area contributed by atoms with Crippen LogP contribution < -0.4 is 4.90 Å². The van der Waals surface area contributed by atoms with E-state index in [0.29, 0.717) is 0 Å². The van der Waals surface area contributed by atoms with Crippen molar-refractivity contribution in [2.24, 2.45) is 0 Å². The maximum Gasteiger partial charge on any atom is 0.137 e. The summed E-state index contributed by atoms with van der Waals surface area (Å²) in [7, 11) is 0. The first-order valence-corrected chi connectivity index (χ1v) is 17.3. The lowest BCUT2D eigenvalue weighted by atomic mass is 9.93. The molecule has 3 heteroatoms. The van der Waals surface area contributed by atoms with Crippen molar-refractivity contribution in [2.45, 2.75) is 0 Å². The van der Waals surface area contributed by atoms with Gasteiger partial charge in [0.25, 0.3) is 0 Å². The number of nitrogens with zero attached hydrogens (tertiary/aromatic N) is 1. The van der Waals surface area contributed by atoms with E-state index in [1.54, 1.807) is 0 Å². The van der Waals surface area contributed by atoms with Crippen LogP contribution in [-0.2, 0) is 0 Å². The molecular weight excluding hydrogens is 623 g/mol. The van der Waals surface area contributed by atoms with Crippen LogP contribution in [0.4, 0.5) is 17.1 Å². The number of hydrogen-bond donors (Lipinski definition) is 0. The molecule has 0 aliphatic heterocycles. The lowest BCUT2D eigenvalue weighted by molar-refractivity contribution is 0.668. The fourth-order valence-corrected chi connectivity index (χ4v) is 7.48. The van der Waals surface area contributed by atoms with E-state index in [-0.39, 0.29) is 0 Å². The van der Waals surface area contributed by atoms with Crippen molar-refractivity contribution in [2.75, 3.05) is 4.90 Å². The number of hydrogen-bond acceptors (Lipinski definition) is 3. The average Bonchev–Trinajstić information content (AvgIpc) is 3.77. The van der Waals surface area contributed by atoms with Crippen LogP contribution >= 0.6 is 0 Å². The molecule has 10 aromatic rings. The van der Waals surface area contributed by atoms with Crippen molar-refractivity contribution in [1.82, 2.24) is 0 Å². The first kappa shape index (κ1) is 29.1. The van der Waals surface area contributed by atoms with Crippen molar-refractivity contribution < 1.29 is 8.83 Å². The van der Waals surface area contributed by atoms with Crippen LogP contribution in [0, 0.1) is 0 Å². The summed E-state index contributed by atoms with van der Waals surface area (Å²) < 4.78 is 12.6. The zero-order valence-corrected chi connectivity index (χ0v) is 27.7. The SMILES string of the molecule is c1ccc(-c2ccc(N(c3ccc(-c4ccc5c(c4)oc4ccccc45)cc3)c3cccc4oc5ccccc5c34)cc2-c2ccccc2)cc1. The number of rotatable bonds is 6. The smallest absolute Gasteiger partial charge is 0.137 e. The average molecular weight is 654 g/mol. The molecule has 0 atom stereocenters. The van der Waals surface area contributed by atoms with Gasteiger partial charge in [-0.15, -0.1) is 0 Å². The van der Waals surface area contributed by atoms with Gasteiger partial charge in [-0.1, -0.05) is 127 Å². The second-order valence-corrected chi connectivity index (χ2v) is 12.9. The van der Waals surface area contributed by atoms with Gasteiger partial charge in [-0.2, -0.15) is 0 Å². The van der Waals surface area contributed by atoms with Gasteiger partial charge in [0, 0.05) is 27.5 Å². The number of para-hydroxylation sites is 2. The Labute approximate surface area is 295 Å². The van der Waals surface area contributed by atoms with E-state index < -0.39 is 0 Å². The largest absolute Gasteiger partial charge is 0.456 e. The van der Waals surface area contributed by atoms with E-state index in [9.17, 15) is 0 Å². The van der Waals surface area contributed by atoms with E-state index in [4.69, 9.17) is 8.83 Å². The number of benzene rings is 8. The Balaban J connectivity index is 1.16. The Kier molecular flexibility index (Phi) is 6.81. The molecule has 0 aliphatic rings. The van der Waals surface area contributed by atoms with Crippen molar-refractivity contribution >= 4 is 60.9 Å². The molecule has 0 fully saturated rings. The zero-order chi connectivity index (χ0) is 33.7. The van der Waals surface area contributed by atoms with Crippen LogP contribution in [-0.4, -0.2) is 0 Å². The first-order valence-electron chi connectivity index (χ1n) is 17.3. The monoisotopic (exact) mass is 653 g/mol. The van der Waals surface area contributed by atoms with E-state index in [2.05, 4.69) is 169 Å². The van der Waals surface area contributed by atoms with Crippen molar-refractivity contribution in [3.63, 3.8) is 0 Å². The van der Waals surface area contributed by atoms with Crippen LogP contribution in [0.2, 0.25) is 0 Å². The minimum atomic E-state index is 0.860. The first-order chi connectivity index (χ1) is 25.3. The van der Waals surface area contributed by atoms with Gasteiger partial charge in [0.15, 0.2) is 0 Å². The molecule has 0 aliphatic carbocycles. The van der Waals surface area contributed by atoms with Crippen molar-refractivity contribution in [1.29, 1.82) is 0 Å². The minimum absolute atomic E-state index is 0.860. The second-order valence-electron chi connectivity index (χ2n) is 12.9. The van der Waals surface area contributed by atoms with Gasteiger partial charge >= 0.3 is 0 Å². The summed E-state index contributed by atoms with van der Waals surface area (Å²) in [5, 5.41) is 4.44. The van der Waals surface area contributed by atoms with Crippen molar-refractivity contribution in [3.05, 3.63) is 188 Å². The molecule has 0 bridgehead atoms. The summed E-state index contributed by atoms with van der Waals surface area (Å²) in [4.78, 5) is 2.36. The Bertz CT molecular complexity index is 2850. The third kappa shape index (κ3) is 4.98. The fourth-order valence-electron chi connectivity index (χ4n) is 7.48. The van der Waals surface area contributed by atoms with Gasteiger partial charge in [-0.25, -0.2) is 0 Å². The molecule has 0 N–H and O–H groups in total. The lowest BCUT2D eigenvalue weighted by Crippen LogP contribution is -2.10. The molecule has 0 radical (unpaired) electrons. The fraction of sp³-hybridized carbons (Fsp3) is 0. The van der Waals surface area contributed by atoms with Crippen LogP contribution in [0.15, 0.2) is 197 Å². The van der Waals surface area contributed by atoms with Gasteiger partial charge < -0.3 is 13.7 Å². The molecule has 2 aromatic heterocycles. The van der Waals surface area contributed by atoms with Gasteiger partial charge in [-0.05, 0) is 94.0 Å². The molecule has 0 unspecified atom stereocenters. The molecule has 8 aromatic carbocycles. The number of fused-ring (bicyclic) bond motifs is 6. The summed E-state index contributed by atoms with van der Waals surface area (Å²) >= 11 is 0. The van der Waals surface area contributed by atoms with Gasteiger partial charge in [0.1, 0.15) is 22.3 Å². The molecule has 3 nitrogen and oxygen atoms in total. The van der Waals surface area contributed by atoms with Crippen LogP contribution in [0.25, 0.3) is 77.3 Å². The molecule has 0 spiro atoms. The summed E-state index contributed by atoms with van der Waals surface area (Å²) in [5.74, 6) is 0. The minimum Gasteiger partial charge on any atom is -0.456 e. The highest BCUT2D eigenvalue weighted by Crippen LogP contribution is 2.45. The standard InChI is InChI=1S/C48H31NO2/c1-3-12-33(13-4-1)38-29-27-37(31-42(38)34-14-5-2-6-15-34)49(43-18-11-21-46-48(43)41-17-8-10-20-45(41)50-46)36-25-22-32(23-26-36)35-24-28-40-39-16-7-9-19-44(39)51-47(40)30-35/h1-31H. The summed E-state index contributed by atoms with van der Waals surface area (Å²) in [6.45, 7) is 0. The molecule has 0 saturated carbocycles. The Morgan fingerprint density at radius 1 is 0.314 bits per heavy atom. The highest BCUT2D eigenvalue weighted by atomic mass is 16.3. The lowest BCUT2D eigenvalue weighted by Gasteiger charge is -2.27. The van der Waals surface area contributed by atoms with Crippen molar-refractivity contribution in [3.8, 4) is 33.4 Å². The number of anilines is 3. The van der Waals surface area contributed by atoms with Gasteiger partial charge in [0.2, 0.25) is 0 Å². The third-order valence-electron chi connectivity index (χ3n) is 9.89. The predicted octanol–water partition coefficient (Wildman–Crippen LogP) is 14.0. The third-order valence-corrected chi connectivity index (χ3v) is 9.89. The van der Waals surface area contributed by atoms with Gasteiger partial charge in [0.05, 0.1) is 11.1 Å². The molecule has 0 amide bonds. The summed E-state index contributed by atoms with van der Waals surface area (Å²) in [6.07, 6.45) is 0. The van der Waals surface area contributed by atoms with Gasteiger partial charge in [-0.3, -0.25) is 0 Å².